The van der Waals surface area contributed by atoms with Crippen LogP contribution < -0.4 is 15.3 Å². The number of carbonyl (C=O) groups excluding carboxylic acids is 1. The largest absolute Gasteiger partial charge is 0.612 e. The van der Waals surface area contributed by atoms with Crippen LogP contribution in [0.15, 0.2) is 60.0 Å². The van der Waals surface area contributed by atoms with Crippen molar-refractivity contribution in [2.24, 2.45) is 5.92 Å². The van der Waals surface area contributed by atoms with Crippen molar-refractivity contribution in [2.75, 3.05) is 16.8 Å². The first kappa shape index (κ1) is 16.9. The summed E-state index contributed by atoms with van der Waals surface area (Å²) in [4.78, 5) is 22.7. The van der Waals surface area contributed by atoms with Gasteiger partial charge in [-0.25, -0.2) is 10.3 Å². The lowest BCUT2D eigenvalue weighted by atomic mass is 9.96. The molecule has 28 heavy (non-hydrogen) atoms. The van der Waals surface area contributed by atoms with Gasteiger partial charge in [0, 0.05) is 24.8 Å². The van der Waals surface area contributed by atoms with Crippen molar-refractivity contribution in [2.45, 2.75) is 25.0 Å². The van der Waals surface area contributed by atoms with Crippen LogP contribution in [0.4, 0.5) is 11.4 Å². The van der Waals surface area contributed by atoms with E-state index in [2.05, 4.69) is 10.4 Å². The first-order valence-corrected chi connectivity index (χ1v) is 9.25. The number of fused-ring (bicyclic) bond motifs is 2. The van der Waals surface area contributed by atoms with Gasteiger partial charge in [0.2, 0.25) is 11.6 Å². The molecule has 2 aliphatic heterocycles. The Kier molecular flexibility index (Phi) is 3.54. The molecule has 1 N–H and O–H groups in total. The number of nitrogens with zero attached hydrogens (tertiary/aromatic N) is 3. The second kappa shape index (κ2) is 5.87. The van der Waals surface area contributed by atoms with Crippen molar-refractivity contribution in [1.82, 2.24) is 5.48 Å². The normalized spacial score (nSPS) is 28.1. The topological polar surface area (TPSA) is 93.9 Å². The number of hydrogen-bond acceptors (Lipinski definition) is 6. The lowest BCUT2D eigenvalue weighted by Gasteiger charge is -2.35. The SMILES string of the molecule is CN1C(=O)[C@@H]2CCC[C@]23ONC(=C2C=CC(=[N+]([O-])[O-])C=C2)N3c2ccccc21. The van der Waals surface area contributed by atoms with E-state index in [1.54, 1.807) is 24.1 Å². The van der Waals surface area contributed by atoms with Crippen LogP contribution in [-0.4, -0.2) is 29.3 Å². The van der Waals surface area contributed by atoms with Gasteiger partial charge in [-0.05, 0) is 43.5 Å². The predicted octanol–water partition coefficient (Wildman–Crippen LogP) is 2.29. The summed E-state index contributed by atoms with van der Waals surface area (Å²) < 4.78 is 0. The summed E-state index contributed by atoms with van der Waals surface area (Å²) in [5.41, 5.74) is 4.72. The van der Waals surface area contributed by atoms with Crippen LogP contribution in [0, 0.1) is 16.3 Å². The molecule has 8 heteroatoms. The fourth-order valence-corrected chi connectivity index (χ4v) is 4.63. The third-order valence-electron chi connectivity index (χ3n) is 5.96. The summed E-state index contributed by atoms with van der Waals surface area (Å²) in [6.07, 6.45) is 8.71. The molecule has 5 rings (SSSR count). The molecular formula is C20H19N4O4-. The standard InChI is InChI=1S/C20H19N4O4/c1-22-16-6-2-3-7-17(16)23-18(13-8-10-14(11-9-13)24(26)27)21-28-20(23)12-4-5-15(20)19(22)25/h2-3,6-11,15,21H,4-5,12H2,1H3/q-1/t15-,20-/m0/s1. The Labute approximate surface area is 161 Å². The van der Waals surface area contributed by atoms with E-state index in [1.165, 1.54) is 12.2 Å². The zero-order valence-corrected chi connectivity index (χ0v) is 15.3. The van der Waals surface area contributed by atoms with Crippen LogP contribution >= 0.6 is 0 Å². The maximum Gasteiger partial charge on any atom is 0.234 e. The molecule has 1 saturated heterocycles. The summed E-state index contributed by atoms with van der Waals surface area (Å²) in [6, 6.07) is 7.75. The van der Waals surface area contributed by atoms with Gasteiger partial charge in [0.15, 0.2) is 5.72 Å². The van der Waals surface area contributed by atoms with Crippen LogP contribution in [0.25, 0.3) is 0 Å². The number of para-hydroxylation sites is 2. The monoisotopic (exact) mass is 379 g/mol. The molecule has 0 unspecified atom stereocenters. The summed E-state index contributed by atoms with van der Waals surface area (Å²) in [6.45, 7) is 0. The van der Waals surface area contributed by atoms with E-state index in [9.17, 15) is 15.2 Å². The quantitative estimate of drug-likeness (QED) is 0.549. The highest BCUT2D eigenvalue weighted by atomic mass is 16.8. The summed E-state index contributed by atoms with van der Waals surface area (Å²) in [7, 11) is 1.80. The number of nitrogens with one attached hydrogen (secondary N) is 1. The molecule has 0 aromatic heterocycles. The molecule has 2 heterocycles. The van der Waals surface area contributed by atoms with E-state index in [4.69, 9.17) is 4.84 Å². The molecule has 0 radical (unpaired) electrons. The average Bonchev–Trinajstić information content (AvgIpc) is 3.30. The third-order valence-corrected chi connectivity index (χ3v) is 5.96. The Hall–Kier alpha value is -3.26. The first-order chi connectivity index (χ1) is 13.5. The van der Waals surface area contributed by atoms with Crippen molar-refractivity contribution in [3.63, 3.8) is 0 Å². The zero-order valence-electron chi connectivity index (χ0n) is 15.3. The van der Waals surface area contributed by atoms with Crippen molar-refractivity contribution in [3.8, 4) is 0 Å². The highest BCUT2D eigenvalue weighted by molar-refractivity contribution is 6.03. The number of hydrogen-bond donors (Lipinski definition) is 1. The molecule has 1 aromatic carbocycles. The number of rotatable bonds is 0. The molecule has 1 saturated carbocycles. The third kappa shape index (κ3) is 2.15. The van der Waals surface area contributed by atoms with Crippen LogP contribution in [0.5, 0.6) is 0 Å². The minimum Gasteiger partial charge on any atom is -0.612 e. The van der Waals surface area contributed by atoms with Crippen LogP contribution in [0.1, 0.15) is 19.3 Å². The average molecular weight is 379 g/mol. The van der Waals surface area contributed by atoms with Gasteiger partial charge < -0.3 is 15.3 Å². The molecular weight excluding hydrogens is 360 g/mol. The smallest absolute Gasteiger partial charge is 0.234 e. The maximum atomic E-state index is 13.2. The van der Waals surface area contributed by atoms with E-state index in [0.717, 1.165) is 36.2 Å². The van der Waals surface area contributed by atoms with E-state index < -0.39 is 10.6 Å². The number of hydroxylamine groups is 1. The second-order valence-corrected chi connectivity index (χ2v) is 7.37. The van der Waals surface area contributed by atoms with Gasteiger partial charge in [0.25, 0.3) is 0 Å². The van der Waals surface area contributed by atoms with Gasteiger partial charge in [-0.3, -0.25) is 9.69 Å². The number of carbonyl (C=O) groups is 1. The number of allylic oxidation sites excluding steroid dienone is 5. The summed E-state index contributed by atoms with van der Waals surface area (Å²) in [5.74, 6) is 0.435. The predicted molar refractivity (Wildman–Crippen MR) is 104 cm³/mol. The molecule has 1 spiro atoms. The molecule has 1 aromatic rings. The minimum absolute atomic E-state index is 0.0305. The second-order valence-electron chi connectivity index (χ2n) is 7.37. The molecule has 2 aliphatic carbocycles. The Bertz CT molecular complexity index is 974. The molecule has 1 amide bonds. The summed E-state index contributed by atoms with van der Waals surface area (Å²) in [5, 5.41) is 22.0. The van der Waals surface area contributed by atoms with Gasteiger partial charge in [-0.2, -0.15) is 4.90 Å². The lowest BCUT2D eigenvalue weighted by Crippen LogP contribution is -2.50. The Morgan fingerprint density at radius 3 is 2.61 bits per heavy atom. The Morgan fingerprint density at radius 1 is 1.18 bits per heavy atom. The zero-order chi connectivity index (χ0) is 19.5. The van der Waals surface area contributed by atoms with Gasteiger partial charge in [0.1, 0.15) is 5.82 Å². The van der Waals surface area contributed by atoms with Gasteiger partial charge >= 0.3 is 0 Å². The maximum absolute atomic E-state index is 13.2. The number of anilines is 2. The van der Waals surface area contributed by atoms with Gasteiger partial charge in [0.05, 0.1) is 17.3 Å². The molecule has 8 nitrogen and oxygen atoms in total. The highest BCUT2D eigenvalue weighted by Gasteiger charge is 2.60. The van der Waals surface area contributed by atoms with E-state index >= 15 is 0 Å². The van der Waals surface area contributed by atoms with Crippen molar-refractivity contribution in [3.05, 3.63) is 70.4 Å². The van der Waals surface area contributed by atoms with Crippen LogP contribution in [0.2, 0.25) is 0 Å². The minimum atomic E-state index is -0.797. The number of benzene rings is 1. The lowest BCUT2D eigenvalue weighted by molar-refractivity contribution is -0.377. The Morgan fingerprint density at radius 2 is 1.89 bits per heavy atom. The fraction of sp³-hybridized carbons (Fsp3) is 0.300. The number of amides is 1. The van der Waals surface area contributed by atoms with E-state index in [1.807, 2.05) is 24.3 Å². The van der Waals surface area contributed by atoms with E-state index in [-0.39, 0.29) is 17.5 Å². The molecule has 2 fully saturated rings. The van der Waals surface area contributed by atoms with Crippen LogP contribution in [-0.2, 0) is 9.63 Å². The molecule has 2 atom stereocenters. The molecule has 4 aliphatic rings. The van der Waals surface area contributed by atoms with Crippen molar-refractivity contribution < 1.29 is 14.5 Å². The van der Waals surface area contributed by atoms with Crippen molar-refractivity contribution in [1.29, 1.82) is 0 Å². The fourth-order valence-electron chi connectivity index (χ4n) is 4.63. The Balaban J connectivity index is 1.72. The molecule has 0 bridgehead atoms. The highest BCUT2D eigenvalue weighted by Crippen LogP contribution is 2.53. The van der Waals surface area contributed by atoms with Crippen molar-refractivity contribution >= 4 is 23.0 Å². The van der Waals surface area contributed by atoms with Crippen LogP contribution in [0.3, 0.4) is 0 Å². The molecule has 144 valence electrons. The van der Waals surface area contributed by atoms with Gasteiger partial charge in [-0.1, -0.05) is 12.1 Å². The van der Waals surface area contributed by atoms with E-state index in [0.29, 0.717) is 5.82 Å². The van der Waals surface area contributed by atoms with Gasteiger partial charge in [-0.15, -0.1) is 0 Å². The summed E-state index contributed by atoms with van der Waals surface area (Å²) >= 11 is 0. The first-order valence-electron chi connectivity index (χ1n) is 9.25.